The zero-order valence-electron chi connectivity index (χ0n) is 14.3. The van der Waals surface area contributed by atoms with Crippen LogP contribution in [0.1, 0.15) is 5.56 Å². The molecule has 0 aliphatic carbocycles. The molecule has 2 aromatic carbocycles. The molecule has 0 aliphatic heterocycles. The average molecular weight is 344 g/mol. The number of methoxy groups -OCH3 is 3. The third-order valence-electron chi connectivity index (χ3n) is 3.26. The average Bonchev–Trinajstić information content (AvgIpc) is 2.66. The fourth-order valence-corrected chi connectivity index (χ4v) is 1.97. The van der Waals surface area contributed by atoms with Crippen LogP contribution in [0.2, 0.25) is 0 Å². The Morgan fingerprint density at radius 2 is 1.60 bits per heavy atom. The smallest absolute Gasteiger partial charge is 0.277 e. The van der Waals surface area contributed by atoms with Crippen LogP contribution in [0.3, 0.4) is 0 Å². The molecule has 7 heteroatoms. The molecule has 0 saturated carbocycles. The SMILES string of the molecule is COc1ccc(OCC(=O)N/N=C\c2cc(OC)ccc2OC)cc1. The second-order valence-electron chi connectivity index (χ2n) is 4.87. The van der Waals surface area contributed by atoms with Crippen LogP contribution in [0.5, 0.6) is 23.0 Å². The first-order valence-corrected chi connectivity index (χ1v) is 7.47. The molecular formula is C18H20N2O5. The van der Waals surface area contributed by atoms with Gasteiger partial charge < -0.3 is 18.9 Å². The summed E-state index contributed by atoms with van der Waals surface area (Å²) in [4.78, 5) is 11.8. The van der Waals surface area contributed by atoms with E-state index in [2.05, 4.69) is 10.5 Å². The van der Waals surface area contributed by atoms with Crippen molar-refractivity contribution in [1.82, 2.24) is 5.43 Å². The molecule has 25 heavy (non-hydrogen) atoms. The third-order valence-corrected chi connectivity index (χ3v) is 3.26. The molecule has 0 bridgehead atoms. The number of ether oxygens (including phenoxy) is 4. The number of nitrogens with zero attached hydrogens (tertiary/aromatic N) is 1. The lowest BCUT2D eigenvalue weighted by Gasteiger charge is -2.07. The van der Waals surface area contributed by atoms with Crippen LogP contribution in [0, 0.1) is 0 Å². The Hall–Kier alpha value is -3.22. The minimum absolute atomic E-state index is 0.154. The summed E-state index contributed by atoms with van der Waals surface area (Å²) in [5.74, 6) is 2.18. The number of hydrogen-bond donors (Lipinski definition) is 1. The molecule has 132 valence electrons. The van der Waals surface area contributed by atoms with Crippen LogP contribution in [-0.4, -0.2) is 40.1 Å². The molecule has 0 atom stereocenters. The van der Waals surface area contributed by atoms with Crippen molar-refractivity contribution in [2.75, 3.05) is 27.9 Å². The van der Waals surface area contributed by atoms with Crippen molar-refractivity contribution in [2.45, 2.75) is 0 Å². The van der Waals surface area contributed by atoms with Crippen molar-refractivity contribution >= 4 is 12.1 Å². The number of hydrogen-bond acceptors (Lipinski definition) is 6. The minimum atomic E-state index is -0.381. The third kappa shape index (κ3) is 5.42. The second kappa shape index (κ2) is 9.17. The number of hydrazone groups is 1. The number of rotatable bonds is 8. The van der Waals surface area contributed by atoms with Gasteiger partial charge in [-0.1, -0.05) is 0 Å². The van der Waals surface area contributed by atoms with Gasteiger partial charge in [-0.25, -0.2) is 5.43 Å². The fraction of sp³-hybridized carbons (Fsp3) is 0.222. The van der Waals surface area contributed by atoms with Crippen LogP contribution in [0.15, 0.2) is 47.6 Å². The number of amides is 1. The quantitative estimate of drug-likeness (QED) is 0.587. The predicted octanol–water partition coefficient (Wildman–Crippen LogP) is 2.24. The van der Waals surface area contributed by atoms with E-state index in [1.165, 1.54) is 6.21 Å². The highest BCUT2D eigenvalue weighted by Crippen LogP contribution is 2.22. The molecule has 0 fully saturated rings. The zero-order valence-corrected chi connectivity index (χ0v) is 14.3. The highest BCUT2D eigenvalue weighted by atomic mass is 16.5. The monoisotopic (exact) mass is 344 g/mol. The molecule has 0 saturated heterocycles. The van der Waals surface area contributed by atoms with Crippen molar-refractivity contribution < 1.29 is 23.7 Å². The molecule has 2 aromatic rings. The highest BCUT2D eigenvalue weighted by molar-refractivity contribution is 5.86. The maximum absolute atomic E-state index is 11.8. The Balaban J connectivity index is 1.87. The molecule has 1 N–H and O–H groups in total. The first-order chi connectivity index (χ1) is 12.2. The Bertz CT molecular complexity index is 729. The van der Waals surface area contributed by atoms with Crippen molar-refractivity contribution in [1.29, 1.82) is 0 Å². The molecule has 0 aliphatic rings. The predicted molar refractivity (Wildman–Crippen MR) is 93.8 cm³/mol. The van der Waals surface area contributed by atoms with Gasteiger partial charge in [0.2, 0.25) is 0 Å². The summed E-state index contributed by atoms with van der Waals surface area (Å²) in [5, 5.41) is 3.91. The van der Waals surface area contributed by atoms with Gasteiger partial charge in [0.05, 0.1) is 27.5 Å². The standard InChI is InChI=1S/C18H20N2O5/c1-22-14-4-6-15(7-5-14)25-12-18(21)20-19-11-13-10-16(23-2)8-9-17(13)24-3/h4-11H,12H2,1-3H3,(H,20,21)/b19-11-. The van der Waals surface area contributed by atoms with Gasteiger partial charge in [-0.15, -0.1) is 0 Å². The number of benzene rings is 2. The molecule has 0 radical (unpaired) electrons. The topological polar surface area (TPSA) is 78.4 Å². The van der Waals surface area contributed by atoms with Gasteiger partial charge in [0.25, 0.3) is 5.91 Å². The van der Waals surface area contributed by atoms with E-state index in [4.69, 9.17) is 18.9 Å². The maximum atomic E-state index is 11.8. The van der Waals surface area contributed by atoms with Gasteiger partial charge in [-0.3, -0.25) is 4.79 Å². The Morgan fingerprint density at radius 1 is 0.960 bits per heavy atom. The first kappa shape index (κ1) is 18.1. The number of nitrogens with one attached hydrogen (secondary N) is 1. The lowest BCUT2D eigenvalue weighted by Crippen LogP contribution is -2.24. The summed E-state index contributed by atoms with van der Waals surface area (Å²) in [6, 6.07) is 12.2. The molecule has 7 nitrogen and oxygen atoms in total. The Morgan fingerprint density at radius 3 is 2.24 bits per heavy atom. The van der Waals surface area contributed by atoms with Gasteiger partial charge in [-0.05, 0) is 42.5 Å². The maximum Gasteiger partial charge on any atom is 0.277 e. The molecule has 1 amide bonds. The van der Waals surface area contributed by atoms with Crippen LogP contribution >= 0.6 is 0 Å². The van der Waals surface area contributed by atoms with Gasteiger partial charge >= 0.3 is 0 Å². The molecule has 0 unspecified atom stereocenters. The van der Waals surface area contributed by atoms with Crippen molar-refractivity contribution in [2.24, 2.45) is 5.10 Å². The van der Waals surface area contributed by atoms with Crippen LogP contribution in [0.4, 0.5) is 0 Å². The van der Waals surface area contributed by atoms with E-state index in [-0.39, 0.29) is 12.5 Å². The summed E-state index contributed by atoms with van der Waals surface area (Å²) < 4.78 is 20.8. The van der Waals surface area contributed by atoms with Gasteiger partial charge in [0.1, 0.15) is 23.0 Å². The van der Waals surface area contributed by atoms with Gasteiger partial charge in [0, 0.05) is 5.56 Å². The largest absolute Gasteiger partial charge is 0.497 e. The van der Waals surface area contributed by atoms with E-state index in [9.17, 15) is 4.79 Å². The van der Waals surface area contributed by atoms with E-state index in [1.54, 1.807) is 63.8 Å². The van der Waals surface area contributed by atoms with Crippen molar-refractivity contribution in [3.8, 4) is 23.0 Å². The summed E-state index contributed by atoms with van der Waals surface area (Å²) in [6.45, 7) is -0.154. The minimum Gasteiger partial charge on any atom is -0.497 e. The zero-order chi connectivity index (χ0) is 18.1. The Labute approximate surface area is 146 Å². The highest BCUT2D eigenvalue weighted by Gasteiger charge is 2.04. The van der Waals surface area contributed by atoms with E-state index in [0.29, 0.717) is 28.6 Å². The second-order valence-corrected chi connectivity index (χ2v) is 4.87. The van der Waals surface area contributed by atoms with Gasteiger partial charge in [0.15, 0.2) is 6.61 Å². The van der Waals surface area contributed by atoms with Crippen LogP contribution < -0.4 is 24.4 Å². The summed E-state index contributed by atoms with van der Waals surface area (Å²) in [7, 11) is 4.71. The summed E-state index contributed by atoms with van der Waals surface area (Å²) in [5.41, 5.74) is 3.08. The van der Waals surface area contributed by atoms with Crippen LogP contribution in [-0.2, 0) is 4.79 Å². The van der Waals surface area contributed by atoms with Gasteiger partial charge in [-0.2, -0.15) is 5.10 Å². The van der Waals surface area contributed by atoms with E-state index >= 15 is 0 Å². The normalized spacial score (nSPS) is 10.4. The molecule has 0 aromatic heterocycles. The first-order valence-electron chi connectivity index (χ1n) is 7.47. The van der Waals surface area contributed by atoms with E-state index in [0.717, 1.165) is 0 Å². The molecule has 0 spiro atoms. The molecular weight excluding hydrogens is 324 g/mol. The molecule has 2 rings (SSSR count). The fourth-order valence-electron chi connectivity index (χ4n) is 1.97. The summed E-state index contributed by atoms with van der Waals surface area (Å²) >= 11 is 0. The summed E-state index contributed by atoms with van der Waals surface area (Å²) in [6.07, 6.45) is 1.48. The van der Waals surface area contributed by atoms with E-state index < -0.39 is 0 Å². The lowest BCUT2D eigenvalue weighted by atomic mass is 10.2. The van der Waals surface area contributed by atoms with Crippen molar-refractivity contribution in [3.05, 3.63) is 48.0 Å². The molecule has 0 heterocycles. The van der Waals surface area contributed by atoms with Crippen LogP contribution in [0.25, 0.3) is 0 Å². The van der Waals surface area contributed by atoms with E-state index in [1.807, 2.05) is 0 Å². The number of carbonyl (C=O) groups is 1. The number of carbonyl (C=O) groups excluding carboxylic acids is 1. The van der Waals surface area contributed by atoms with Crippen molar-refractivity contribution in [3.63, 3.8) is 0 Å². The lowest BCUT2D eigenvalue weighted by molar-refractivity contribution is -0.123. The Kier molecular flexibility index (Phi) is 6.65.